The van der Waals surface area contributed by atoms with Crippen LogP contribution in [0, 0.1) is 6.92 Å². The average molecular weight is 542 g/mol. The largest absolute Gasteiger partial charge is 0.444 e. The first kappa shape index (κ1) is 29.3. The Bertz CT molecular complexity index is 1400. The van der Waals surface area contributed by atoms with Crippen molar-refractivity contribution in [2.45, 2.75) is 59.2 Å². The highest BCUT2D eigenvalue weighted by atomic mass is 19.4. The Hall–Kier alpha value is -4.21. The molecule has 0 saturated carbocycles. The summed E-state index contributed by atoms with van der Waals surface area (Å²) >= 11 is 0. The number of pyridine rings is 1. The summed E-state index contributed by atoms with van der Waals surface area (Å²) in [5.41, 5.74) is 1.47. The summed E-state index contributed by atoms with van der Waals surface area (Å²) in [7, 11) is 0. The number of hydrogen-bond donors (Lipinski definition) is 2. The van der Waals surface area contributed by atoms with Crippen LogP contribution in [0.4, 0.5) is 29.3 Å². The lowest BCUT2D eigenvalue weighted by Gasteiger charge is -2.21. The highest BCUT2D eigenvalue weighted by Gasteiger charge is 2.31. The maximum Gasteiger partial charge on any atom is 0.416 e. The summed E-state index contributed by atoms with van der Waals surface area (Å²) < 4.78 is 45.1. The normalized spacial score (nSPS) is 11.6. The minimum Gasteiger partial charge on any atom is -0.444 e. The Morgan fingerprint density at radius 1 is 0.949 bits per heavy atom. The van der Waals surface area contributed by atoms with E-state index in [1.165, 1.54) is 0 Å². The number of Topliss-reactive ketones (excluding diaryl/α,β-unsaturated/α-hetero) is 1. The summed E-state index contributed by atoms with van der Waals surface area (Å²) in [4.78, 5) is 42.2. The van der Waals surface area contributed by atoms with E-state index in [9.17, 15) is 27.6 Å². The highest BCUT2D eigenvalue weighted by molar-refractivity contribution is 6.12. The predicted octanol–water partition coefficient (Wildman–Crippen LogP) is 7.20. The molecule has 0 spiro atoms. The molecule has 0 fully saturated rings. The molecule has 206 valence electrons. The van der Waals surface area contributed by atoms with Gasteiger partial charge in [-0.05, 0) is 81.1 Å². The van der Waals surface area contributed by atoms with Crippen LogP contribution in [-0.2, 0) is 22.1 Å². The number of rotatable bonds is 7. The van der Waals surface area contributed by atoms with Crippen LogP contribution in [-0.4, -0.2) is 28.4 Å². The van der Waals surface area contributed by atoms with Gasteiger partial charge in [-0.2, -0.15) is 13.2 Å². The van der Waals surface area contributed by atoms with Crippen LogP contribution < -0.4 is 10.6 Å². The molecule has 0 aliphatic carbocycles. The van der Waals surface area contributed by atoms with Crippen molar-refractivity contribution in [1.29, 1.82) is 0 Å². The molecule has 2 aromatic carbocycles. The molecular weight excluding hydrogens is 511 g/mol. The van der Waals surface area contributed by atoms with Gasteiger partial charge in [0, 0.05) is 17.5 Å². The number of carbonyl (C=O) groups excluding carboxylic acids is 3. The third-order valence-electron chi connectivity index (χ3n) is 5.58. The second-order valence-corrected chi connectivity index (χ2v) is 9.95. The van der Waals surface area contributed by atoms with Crippen molar-refractivity contribution < 1.29 is 32.3 Å². The SMILES string of the molecule is CCc1cnc(C)cc1-c1cccc(C(=O)CC(=O)Nc2cc(C(F)(F)F)ccc2NC(=O)OC(C)(C)C)c1. The zero-order valence-corrected chi connectivity index (χ0v) is 22.3. The van der Waals surface area contributed by atoms with Crippen LogP contribution in [0.2, 0.25) is 0 Å². The Labute approximate surface area is 224 Å². The second kappa shape index (κ2) is 11.7. The molecule has 39 heavy (non-hydrogen) atoms. The van der Waals surface area contributed by atoms with Crippen molar-refractivity contribution in [3.8, 4) is 11.1 Å². The Morgan fingerprint density at radius 3 is 2.31 bits per heavy atom. The Balaban J connectivity index is 1.82. The van der Waals surface area contributed by atoms with Crippen LogP contribution in [0.3, 0.4) is 0 Å². The van der Waals surface area contributed by atoms with Crippen LogP contribution in [0.15, 0.2) is 54.7 Å². The number of halogens is 3. The van der Waals surface area contributed by atoms with E-state index in [1.807, 2.05) is 26.0 Å². The lowest BCUT2D eigenvalue weighted by molar-refractivity contribution is -0.137. The fourth-order valence-corrected chi connectivity index (χ4v) is 3.79. The lowest BCUT2D eigenvalue weighted by atomic mass is 9.96. The molecule has 2 N–H and O–H groups in total. The van der Waals surface area contributed by atoms with Gasteiger partial charge in [0.05, 0.1) is 23.4 Å². The van der Waals surface area contributed by atoms with Gasteiger partial charge >= 0.3 is 12.3 Å². The Kier molecular flexibility index (Phi) is 8.78. The number of nitrogens with zero attached hydrogens (tertiary/aromatic N) is 1. The minimum absolute atomic E-state index is 0.111. The molecular formula is C29H30F3N3O4. The van der Waals surface area contributed by atoms with Crippen molar-refractivity contribution in [3.63, 3.8) is 0 Å². The smallest absolute Gasteiger partial charge is 0.416 e. The fourth-order valence-electron chi connectivity index (χ4n) is 3.79. The van der Waals surface area contributed by atoms with Gasteiger partial charge in [0.1, 0.15) is 5.60 Å². The molecule has 0 radical (unpaired) electrons. The van der Waals surface area contributed by atoms with Crippen LogP contribution >= 0.6 is 0 Å². The zero-order chi connectivity index (χ0) is 29.0. The molecule has 7 nitrogen and oxygen atoms in total. The molecule has 0 bridgehead atoms. The average Bonchev–Trinajstić information content (AvgIpc) is 2.83. The van der Waals surface area contributed by atoms with Crippen molar-refractivity contribution in [2.75, 3.05) is 10.6 Å². The van der Waals surface area contributed by atoms with Crippen LogP contribution in [0.1, 0.15) is 61.3 Å². The first-order chi connectivity index (χ1) is 18.2. The van der Waals surface area contributed by atoms with E-state index in [2.05, 4.69) is 15.6 Å². The molecule has 0 saturated heterocycles. The molecule has 3 rings (SSSR count). The van der Waals surface area contributed by atoms with Crippen molar-refractivity contribution in [1.82, 2.24) is 4.98 Å². The number of aryl methyl sites for hydroxylation is 2. The van der Waals surface area contributed by atoms with Gasteiger partial charge in [0.25, 0.3) is 0 Å². The molecule has 0 aliphatic heterocycles. The number of ketones is 1. The first-order valence-electron chi connectivity index (χ1n) is 12.3. The predicted molar refractivity (Wildman–Crippen MR) is 143 cm³/mol. The highest BCUT2D eigenvalue weighted by Crippen LogP contribution is 2.34. The summed E-state index contributed by atoms with van der Waals surface area (Å²) in [5, 5.41) is 4.67. The van der Waals surface area contributed by atoms with E-state index in [4.69, 9.17) is 4.74 Å². The first-order valence-corrected chi connectivity index (χ1v) is 12.3. The van der Waals surface area contributed by atoms with Crippen molar-refractivity contribution in [3.05, 3.63) is 77.1 Å². The van der Waals surface area contributed by atoms with E-state index in [0.29, 0.717) is 6.07 Å². The molecule has 0 aliphatic rings. The fraction of sp³-hybridized carbons (Fsp3) is 0.310. The lowest BCUT2D eigenvalue weighted by Crippen LogP contribution is -2.28. The molecule has 1 aromatic heterocycles. The number of alkyl halides is 3. The number of anilines is 2. The maximum absolute atomic E-state index is 13.3. The monoisotopic (exact) mass is 541 g/mol. The number of ether oxygens (including phenoxy) is 1. The summed E-state index contributed by atoms with van der Waals surface area (Å²) in [5.74, 6) is -1.36. The van der Waals surface area contributed by atoms with Crippen LogP contribution in [0.25, 0.3) is 11.1 Å². The van der Waals surface area contributed by atoms with Gasteiger partial charge in [0.15, 0.2) is 5.78 Å². The number of aromatic nitrogens is 1. The van der Waals surface area contributed by atoms with E-state index in [1.54, 1.807) is 45.2 Å². The van der Waals surface area contributed by atoms with Gasteiger partial charge in [-0.25, -0.2) is 4.79 Å². The van der Waals surface area contributed by atoms with Crippen molar-refractivity contribution in [2.24, 2.45) is 0 Å². The third-order valence-corrected chi connectivity index (χ3v) is 5.58. The number of amides is 2. The second-order valence-electron chi connectivity index (χ2n) is 9.95. The summed E-state index contributed by atoms with van der Waals surface area (Å²) in [6, 6.07) is 11.2. The van der Waals surface area contributed by atoms with Gasteiger partial charge in [-0.3, -0.25) is 19.9 Å². The van der Waals surface area contributed by atoms with E-state index < -0.39 is 41.5 Å². The van der Waals surface area contributed by atoms with Gasteiger partial charge in [-0.15, -0.1) is 0 Å². The van der Waals surface area contributed by atoms with Gasteiger partial charge in [-0.1, -0.05) is 25.1 Å². The van der Waals surface area contributed by atoms with Crippen molar-refractivity contribution >= 4 is 29.2 Å². The molecule has 1 heterocycles. The zero-order valence-electron chi connectivity index (χ0n) is 22.3. The molecule has 2 amide bonds. The molecule has 0 atom stereocenters. The molecule has 3 aromatic rings. The van der Waals surface area contributed by atoms with Gasteiger partial charge in [0.2, 0.25) is 5.91 Å². The van der Waals surface area contributed by atoms with E-state index in [-0.39, 0.29) is 16.9 Å². The molecule has 0 unspecified atom stereocenters. The number of benzene rings is 2. The number of carbonyl (C=O) groups is 3. The maximum atomic E-state index is 13.3. The minimum atomic E-state index is -4.69. The number of hydrogen-bond acceptors (Lipinski definition) is 5. The third kappa shape index (κ3) is 8.13. The quantitative estimate of drug-likeness (QED) is 0.244. The topological polar surface area (TPSA) is 97.4 Å². The summed E-state index contributed by atoms with van der Waals surface area (Å²) in [6.45, 7) is 8.74. The van der Waals surface area contributed by atoms with E-state index in [0.717, 1.165) is 40.9 Å². The van der Waals surface area contributed by atoms with Crippen LogP contribution in [0.5, 0.6) is 0 Å². The standard InChI is InChI=1S/C29H30F3N3O4/c1-6-18-16-33-17(2)12-22(18)19-8-7-9-20(13-19)25(36)15-26(37)34-24-14-21(29(30,31)32)10-11-23(24)35-27(38)39-28(3,4)5/h7-14,16H,6,15H2,1-5H3,(H,34,37)(H,35,38). The van der Waals surface area contributed by atoms with Gasteiger partial charge < -0.3 is 10.1 Å². The summed E-state index contributed by atoms with van der Waals surface area (Å²) in [6.07, 6.45) is -3.71. The van der Waals surface area contributed by atoms with E-state index >= 15 is 0 Å². The number of nitrogens with one attached hydrogen (secondary N) is 2. The molecule has 10 heteroatoms. The Morgan fingerprint density at radius 2 is 1.67 bits per heavy atom.